The van der Waals surface area contributed by atoms with E-state index in [1.54, 1.807) is 11.0 Å². The third-order valence-electron chi connectivity index (χ3n) is 4.16. The van der Waals surface area contributed by atoms with Gasteiger partial charge in [-0.3, -0.25) is 4.79 Å². The highest BCUT2D eigenvalue weighted by Crippen LogP contribution is 2.21. The lowest BCUT2D eigenvalue weighted by atomic mass is 10.2. The lowest BCUT2D eigenvalue weighted by Gasteiger charge is -2.11. The Morgan fingerprint density at radius 3 is 2.63 bits per heavy atom. The van der Waals surface area contributed by atoms with Crippen LogP contribution in [0.15, 0.2) is 64.5 Å². The van der Waals surface area contributed by atoms with Crippen LogP contribution in [0.2, 0.25) is 0 Å². The van der Waals surface area contributed by atoms with Crippen LogP contribution in [0, 0.1) is 0 Å². The Balaban J connectivity index is 1.67. The first-order valence-corrected chi connectivity index (χ1v) is 11.2. The number of hydrogen-bond acceptors (Lipinski definition) is 6. The van der Waals surface area contributed by atoms with Gasteiger partial charge in [-0.05, 0) is 51.8 Å². The van der Waals surface area contributed by atoms with Crippen molar-refractivity contribution >= 4 is 31.9 Å². The van der Waals surface area contributed by atoms with E-state index in [0.717, 1.165) is 11.3 Å². The zero-order chi connectivity index (χ0) is 21.6. The summed E-state index contributed by atoms with van der Waals surface area (Å²) in [7, 11) is -2.26. The van der Waals surface area contributed by atoms with Gasteiger partial charge in [-0.1, -0.05) is 12.1 Å². The number of nitrogens with one attached hydrogen (secondary N) is 2. The average Bonchev–Trinajstić information content (AvgIpc) is 3.27. The molecule has 9 nitrogen and oxygen atoms in total. The number of benzene rings is 2. The van der Waals surface area contributed by atoms with Gasteiger partial charge in [-0.15, -0.1) is 0 Å². The van der Waals surface area contributed by atoms with Crippen LogP contribution in [-0.2, 0) is 21.3 Å². The first kappa shape index (κ1) is 22.1. The molecule has 0 aliphatic heterocycles. The quantitative estimate of drug-likeness (QED) is 0.439. The summed E-state index contributed by atoms with van der Waals surface area (Å²) in [5, 5.41) is 6.86. The number of nitrogens with zero attached hydrogens (tertiary/aromatic N) is 3. The van der Waals surface area contributed by atoms with Crippen molar-refractivity contribution in [2.75, 3.05) is 20.3 Å². The molecule has 0 atom stereocenters. The van der Waals surface area contributed by atoms with E-state index in [4.69, 9.17) is 4.74 Å². The van der Waals surface area contributed by atoms with Gasteiger partial charge in [0.15, 0.2) is 0 Å². The number of carbonyl (C=O) groups excluding carboxylic acids is 1. The van der Waals surface area contributed by atoms with E-state index in [9.17, 15) is 13.2 Å². The average molecular weight is 494 g/mol. The van der Waals surface area contributed by atoms with E-state index in [1.165, 1.54) is 31.6 Å². The van der Waals surface area contributed by atoms with Gasteiger partial charge < -0.3 is 10.1 Å². The van der Waals surface area contributed by atoms with Crippen molar-refractivity contribution in [2.24, 2.45) is 0 Å². The minimum Gasteiger partial charge on any atom is -0.383 e. The highest BCUT2D eigenvalue weighted by molar-refractivity contribution is 9.10. The molecule has 1 amide bonds. The SMILES string of the molecule is COCCNS(=O)(=O)c1ccc(Br)c(C(=O)NCc2ccc(-n3cncn3)cc2)c1. The van der Waals surface area contributed by atoms with Crippen LogP contribution in [0.1, 0.15) is 15.9 Å². The zero-order valence-corrected chi connectivity index (χ0v) is 18.5. The summed E-state index contributed by atoms with van der Waals surface area (Å²) < 4.78 is 34.2. The maximum atomic E-state index is 12.6. The standard InChI is InChI=1S/C19H20BrN5O4S/c1-29-9-8-24-30(27,28)16-6-7-18(20)17(10-16)19(26)22-11-14-2-4-15(5-3-14)25-13-21-12-23-25/h2-7,10,12-13,24H,8-9,11H2,1H3,(H,22,26). The number of rotatable bonds is 9. The molecule has 0 radical (unpaired) electrons. The molecule has 2 aromatic carbocycles. The van der Waals surface area contributed by atoms with E-state index < -0.39 is 15.9 Å². The van der Waals surface area contributed by atoms with Crippen LogP contribution < -0.4 is 10.0 Å². The van der Waals surface area contributed by atoms with Gasteiger partial charge in [-0.25, -0.2) is 22.8 Å². The van der Waals surface area contributed by atoms with Crippen LogP contribution in [0.25, 0.3) is 5.69 Å². The normalized spacial score (nSPS) is 11.4. The number of aromatic nitrogens is 3. The van der Waals surface area contributed by atoms with Crippen LogP contribution in [0.3, 0.4) is 0 Å². The number of sulfonamides is 1. The lowest BCUT2D eigenvalue weighted by molar-refractivity contribution is 0.0950. The molecule has 0 unspecified atom stereocenters. The Morgan fingerprint density at radius 2 is 1.97 bits per heavy atom. The zero-order valence-electron chi connectivity index (χ0n) is 16.1. The van der Waals surface area contributed by atoms with Crippen LogP contribution in [0.5, 0.6) is 0 Å². The number of ether oxygens (including phenoxy) is 1. The summed E-state index contributed by atoms with van der Waals surface area (Å²) in [6.45, 7) is 0.672. The number of amides is 1. The number of halogens is 1. The highest BCUT2D eigenvalue weighted by Gasteiger charge is 2.18. The molecule has 1 aromatic heterocycles. The van der Waals surface area contributed by atoms with E-state index in [1.807, 2.05) is 24.3 Å². The molecule has 0 saturated heterocycles. The van der Waals surface area contributed by atoms with Gasteiger partial charge in [0.05, 0.1) is 22.8 Å². The molecule has 0 spiro atoms. The Labute approximate surface area is 182 Å². The second-order valence-corrected chi connectivity index (χ2v) is 8.84. The summed E-state index contributed by atoms with van der Waals surface area (Å²) in [6.07, 6.45) is 3.05. The molecule has 11 heteroatoms. The molecule has 0 bridgehead atoms. The van der Waals surface area contributed by atoms with Crippen LogP contribution >= 0.6 is 15.9 Å². The van der Waals surface area contributed by atoms with Gasteiger partial charge >= 0.3 is 0 Å². The molecule has 3 rings (SSSR count). The minimum absolute atomic E-state index is 0.00383. The molecule has 0 saturated carbocycles. The fourth-order valence-electron chi connectivity index (χ4n) is 2.59. The number of methoxy groups -OCH3 is 1. The topological polar surface area (TPSA) is 115 Å². The molecule has 0 aliphatic rings. The largest absolute Gasteiger partial charge is 0.383 e. The summed E-state index contributed by atoms with van der Waals surface area (Å²) >= 11 is 3.31. The van der Waals surface area contributed by atoms with E-state index in [-0.39, 0.29) is 30.2 Å². The smallest absolute Gasteiger partial charge is 0.252 e. The number of hydrogen-bond donors (Lipinski definition) is 2. The van der Waals surface area contributed by atoms with Gasteiger partial charge in [0.1, 0.15) is 12.7 Å². The molecular weight excluding hydrogens is 474 g/mol. The summed E-state index contributed by atoms with van der Waals surface area (Å²) in [6, 6.07) is 11.8. The third-order valence-corrected chi connectivity index (χ3v) is 6.31. The minimum atomic E-state index is -3.74. The van der Waals surface area contributed by atoms with Gasteiger partial charge in [-0.2, -0.15) is 5.10 Å². The summed E-state index contributed by atoms with van der Waals surface area (Å²) in [5.41, 5.74) is 1.96. The maximum absolute atomic E-state index is 12.6. The maximum Gasteiger partial charge on any atom is 0.252 e. The van der Waals surface area contributed by atoms with Crippen molar-refractivity contribution < 1.29 is 17.9 Å². The van der Waals surface area contributed by atoms with Crippen molar-refractivity contribution in [1.29, 1.82) is 0 Å². The highest BCUT2D eigenvalue weighted by atomic mass is 79.9. The first-order valence-electron chi connectivity index (χ1n) is 8.91. The van der Waals surface area contributed by atoms with Crippen molar-refractivity contribution in [3.8, 4) is 5.69 Å². The number of carbonyl (C=O) groups is 1. The fourth-order valence-corrected chi connectivity index (χ4v) is 4.06. The molecule has 3 aromatic rings. The molecule has 0 aliphatic carbocycles. The van der Waals surface area contributed by atoms with E-state index in [0.29, 0.717) is 4.47 Å². The second-order valence-electron chi connectivity index (χ2n) is 6.22. The monoisotopic (exact) mass is 493 g/mol. The summed E-state index contributed by atoms with van der Waals surface area (Å²) in [5.74, 6) is -0.392. The Hall–Kier alpha value is -2.60. The molecule has 0 fully saturated rings. The van der Waals surface area contributed by atoms with Crippen molar-refractivity contribution in [1.82, 2.24) is 24.8 Å². The fraction of sp³-hybridized carbons (Fsp3) is 0.211. The Bertz CT molecular complexity index is 1100. The van der Waals surface area contributed by atoms with Crippen molar-refractivity contribution in [3.63, 3.8) is 0 Å². The first-order chi connectivity index (χ1) is 14.4. The summed E-state index contributed by atoms with van der Waals surface area (Å²) in [4.78, 5) is 16.5. The van der Waals surface area contributed by atoms with Crippen LogP contribution in [-0.4, -0.2) is 49.4 Å². The van der Waals surface area contributed by atoms with Gasteiger partial charge in [0.25, 0.3) is 5.91 Å². The molecule has 1 heterocycles. The molecule has 158 valence electrons. The van der Waals surface area contributed by atoms with E-state index in [2.05, 4.69) is 36.1 Å². The lowest BCUT2D eigenvalue weighted by Crippen LogP contribution is -2.28. The van der Waals surface area contributed by atoms with Gasteiger partial charge in [0.2, 0.25) is 10.0 Å². The predicted octanol–water partition coefficient (Wildman–Crippen LogP) is 1.88. The van der Waals surface area contributed by atoms with Crippen LogP contribution in [0.4, 0.5) is 0 Å². The molecule has 30 heavy (non-hydrogen) atoms. The van der Waals surface area contributed by atoms with Crippen molar-refractivity contribution in [3.05, 3.63) is 70.7 Å². The Kier molecular flexibility index (Phi) is 7.32. The van der Waals surface area contributed by atoms with E-state index >= 15 is 0 Å². The Morgan fingerprint density at radius 1 is 1.20 bits per heavy atom. The van der Waals surface area contributed by atoms with Crippen molar-refractivity contribution in [2.45, 2.75) is 11.4 Å². The third kappa shape index (κ3) is 5.51. The molecule has 2 N–H and O–H groups in total. The predicted molar refractivity (Wildman–Crippen MR) is 114 cm³/mol. The van der Waals surface area contributed by atoms with Gasteiger partial charge in [0, 0.05) is 24.7 Å². The second kappa shape index (κ2) is 9.94. The molecular formula is C19H20BrN5O4S.